The van der Waals surface area contributed by atoms with Crippen molar-refractivity contribution in [1.82, 2.24) is 15.2 Å². The van der Waals surface area contributed by atoms with Crippen molar-refractivity contribution in [3.05, 3.63) is 28.5 Å². The zero-order valence-corrected chi connectivity index (χ0v) is 14.6. The molecule has 5 heteroatoms. The van der Waals surface area contributed by atoms with E-state index in [9.17, 15) is 4.79 Å². The van der Waals surface area contributed by atoms with Crippen molar-refractivity contribution in [1.29, 1.82) is 0 Å². The highest BCUT2D eigenvalue weighted by atomic mass is 79.9. The molecule has 1 aromatic heterocycles. The fourth-order valence-electron chi connectivity index (χ4n) is 2.68. The van der Waals surface area contributed by atoms with E-state index in [1.165, 1.54) is 0 Å². The summed E-state index contributed by atoms with van der Waals surface area (Å²) in [6, 6.07) is 1.80. The minimum absolute atomic E-state index is 0.0398. The van der Waals surface area contributed by atoms with Gasteiger partial charge in [-0.25, -0.2) is 0 Å². The average Bonchev–Trinajstić information content (AvgIpc) is 2.44. The van der Waals surface area contributed by atoms with Crippen molar-refractivity contribution in [2.75, 3.05) is 19.6 Å². The molecule has 0 saturated carbocycles. The molecule has 1 saturated heterocycles. The molecule has 1 amide bonds. The zero-order chi connectivity index (χ0) is 15.5. The summed E-state index contributed by atoms with van der Waals surface area (Å²) < 4.78 is 0.827. The Morgan fingerprint density at radius 3 is 2.62 bits per heavy atom. The van der Waals surface area contributed by atoms with Gasteiger partial charge >= 0.3 is 0 Å². The van der Waals surface area contributed by atoms with Crippen LogP contribution in [0.15, 0.2) is 22.9 Å². The molecule has 0 radical (unpaired) electrons. The van der Waals surface area contributed by atoms with Gasteiger partial charge in [0.05, 0.1) is 5.56 Å². The van der Waals surface area contributed by atoms with Crippen LogP contribution in [-0.2, 0) is 0 Å². The Balaban J connectivity index is 1.78. The number of likely N-dealkylation sites (tertiary alicyclic amines) is 1. The number of hydrogen-bond donors (Lipinski definition) is 1. The van der Waals surface area contributed by atoms with E-state index in [1.807, 2.05) is 0 Å². The maximum Gasteiger partial charge on any atom is 0.252 e. The quantitative estimate of drug-likeness (QED) is 0.907. The molecule has 0 atom stereocenters. The molecular weight excluding hydrogens is 330 g/mol. The topological polar surface area (TPSA) is 45.2 Å². The number of carbonyl (C=O) groups is 1. The van der Waals surface area contributed by atoms with Gasteiger partial charge in [0, 0.05) is 29.0 Å². The van der Waals surface area contributed by atoms with Crippen molar-refractivity contribution in [3.63, 3.8) is 0 Å². The third-order valence-corrected chi connectivity index (χ3v) is 4.52. The monoisotopic (exact) mass is 353 g/mol. The molecule has 1 N–H and O–H groups in total. The molecule has 4 nitrogen and oxygen atoms in total. The zero-order valence-electron chi connectivity index (χ0n) is 13.0. The fourth-order valence-corrected chi connectivity index (χ4v) is 3.05. The SMILES string of the molecule is CC(C)(C)N1CCC(CNC(=O)c2cncc(Br)c2)CC1. The van der Waals surface area contributed by atoms with Crippen LogP contribution in [0.25, 0.3) is 0 Å². The van der Waals surface area contributed by atoms with E-state index in [0.29, 0.717) is 11.5 Å². The van der Waals surface area contributed by atoms with E-state index in [0.717, 1.165) is 36.9 Å². The van der Waals surface area contributed by atoms with Crippen molar-refractivity contribution >= 4 is 21.8 Å². The summed E-state index contributed by atoms with van der Waals surface area (Å²) in [5, 5.41) is 3.03. The normalized spacial score (nSPS) is 17.7. The number of amides is 1. The number of aromatic nitrogens is 1. The van der Waals surface area contributed by atoms with E-state index >= 15 is 0 Å². The van der Waals surface area contributed by atoms with Crippen LogP contribution in [0.4, 0.5) is 0 Å². The Labute approximate surface area is 135 Å². The van der Waals surface area contributed by atoms with Crippen LogP contribution in [0.3, 0.4) is 0 Å². The number of nitrogens with one attached hydrogen (secondary N) is 1. The summed E-state index contributed by atoms with van der Waals surface area (Å²) in [6.07, 6.45) is 5.57. The van der Waals surface area contributed by atoms with Crippen molar-refractivity contribution in [2.45, 2.75) is 39.2 Å². The Morgan fingerprint density at radius 1 is 1.38 bits per heavy atom. The predicted molar refractivity (Wildman–Crippen MR) is 88.3 cm³/mol. The van der Waals surface area contributed by atoms with Gasteiger partial charge < -0.3 is 5.32 Å². The lowest BCUT2D eigenvalue weighted by Gasteiger charge is -2.40. The van der Waals surface area contributed by atoms with Gasteiger partial charge in [0.1, 0.15) is 0 Å². The lowest BCUT2D eigenvalue weighted by molar-refractivity contribution is 0.0817. The van der Waals surface area contributed by atoms with E-state index in [2.05, 4.69) is 51.9 Å². The highest BCUT2D eigenvalue weighted by Gasteiger charge is 2.27. The third-order valence-electron chi connectivity index (χ3n) is 4.08. The summed E-state index contributed by atoms with van der Waals surface area (Å²) in [4.78, 5) is 18.6. The lowest BCUT2D eigenvalue weighted by atomic mass is 9.93. The van der Waals surface area contributed by atoms with Gasteiger partial charge in [0.25, 0.3) is 5.91 Å². The molecule has 1 fully saturated rings. The first-order chi connectivity index (χ1) is 9.86. The highest BCUT2D eigenvalue weighted by Crippen LogP contribution is 2.23. The number of nitrogens with zero attached hydrogens (tertiary/aromatic N) is 2. The number of carbonyl (C=O) groups excluding carboxylic acids is 1. The number of pyridine rings is 1. The van der Waals surface area contributed by atoms with Crippen molar-refractivity contribution in [3.8, 4) is 0 Å². The Bertz CT molecular complexity index is 491. The summed E-state index contributed by atoms with van der Waals surface area (Å²) in [5.74, 6) is 0.537. The summed E-state index contributed by atoms with van der Waals surface area (Å²) in [5.41, 5.74) is 0.854. The molecule has 0 aromatic carbocycles. The van der Waals surface area contributed by atoms with Crippen LogP contribution in [0, 0.1) is 5.92 Å². The Hall–Kier alpha value is -0.940. The minimum atomic E-state index is -0.0398. The van der Waals surface area contributed by atoms with Crippen molar-refractivity contribution in [2.24, 2.45) is 5.92 Å². The minimum Gasteiger partial charge on any atom is -0.352 e. The van der Waals surface area contributed by atoms with E-state index < -0.39 is 0 Å². The van der Waals surface area contributed by atoms with Gasteiger partial charge in [-0.2, -0.15) is 0 Å². The molecule has 2 heterocycles. The van der Waals surface area contributed by atoms with Crippen LogP contribution in [0.5, 0.6) is 0 Å². The second-order valence-corrected chi connectivity index (χ2v) is 7.62. The van der Waals surface area contributed by atoms with E-state index in [-0.39, 0.29) is 11.4 Å². The second kappa shape index (κ2) is 6.88. The molecule has 1 aliphatic heterocycles. The fraction of sp³-hybridized carbons (Fsp3) is 0.625. The van der Waals surface area contributed by atoms with Crippen LogP contribution < -0.4 is 5.32 Å². The first kappa shape index (κ1) is 16.4. The van der Waals surface area contributed by atoms with Crippen molar-refractivity contribution < 1.29 is 4.79 Å². The van der Waals surface area contributed by atoms with Gasteiger partial charge in [-0.15, -0.1) is 0 Å². The Morgan fingerprint density at radius 2 is 2.05 bits per heavy atom. The number of halogens is 1. The van der Waals surface area contributed by atoms with Gasteiger partial charge in [0.2, 0.25) is 0 Å². The molecule has 116 valence electrons. The standard InChI is InChI=1S/C16H24BrN3O/c1-16(2,3)20-6-4-12(5-7-20)9-19-15(21)13-8-14(17)11-18-10-13/h8,10-12H,4-7,9H2,1-3H3,(H,19,21). The third kappa shape index (κ3) is 4.78. The molecule has 0 aliphatic carbocycles. The largest absolute Gasteiger partial charge is 0.352 e. The molecule has 0 bridgehead atoms. The van der Waals surface area contributed by atoms with Crippen LogP contribution in [0.1, 0.15) is 44.0 Å². The second-order valence-electron chi connectivity index (χ2n) is 6.70. The summed E-state index contributed by atoms with van der Waals surface area (Å²) in [7, 11) is 0. The number of hydrogen-bond acceptors (Lipinski definition) is 3. The number of rotatable bonds is 3. The molecule has 21 heavy (non-hydrogen) atoms. The van der Waals surface area contributed by atoms with Gasteiger partial charge in [-0.05, 0) is 74.6 Å². The van der Waals surface area contributed by atoms with Crippen LogP contribution >= 0.6 is 15.9 Å². The molecular formula is C16H24BrN3O. The van der Waals surface area contributed by atoms with Crippen LogP contribution in [-0.4, -0.2) is 41.0 Å². The summed E-state index contributed by atoms with van der Waals surface area (Å²) in [6.45, 7) is 9.76. The maximum atomic E-state index is 12.1. The smallest absolute Gasteiger partial charge is 0.252 e. The van der Waals surface area contributed by atoms with E-state index in [4.69, 9.17) is 0 Å². The van der Waals surface area contributed by atoms with Crippen LogP contribution in [0.2, 0.25) is 0 Å². The maximum absolute atomic E-state index is 12.1. The lowest BCUT2D eigenvalue weighted by Crippen LogP contribution is -2.47. The predicted octanol–water partition coefficient (Wildman–Crippen LogP) is 3.08. The molecule has 1 aromatic rings. The molecule has 2 rings (SSSR count). The molecule has 0 unspecified atom stereocenters. The summed E-state index contributed by atoms with van der Waals surface area (Å²) >= 11 is 3.34. The van der Waals surface area contributed by atoms with Gasteiger partial charge in [-0.3, -0.25) is 14.7 Å². The van der Waals surface area contributed by atoms with E-state index in [1.54, 1.807) is 18.5 Å². The number of piperidine rings is 1. The highest BCUT2D eigenvalue weighted by molar-refractivity contribution is 9.10. The first-order valence-electron chi connectivity index (χ1n) is 7.50. The average molecular weight is 354 g/mol. The van der Waals surface area contributed by atoms with Gasteiger partial charge in [0.15, 0.2) is 0 Å². The molecule has 1 aliphatic rings. The molecule has 0 spiro atoms. The van der Waals surface area contributed by atoms with Gasteiger partial charge in [-0.1, -0.05) is 0 Å². The first-order valence-corrected chi connectivity index (χ1v) is 8.29. The Kier molecular flexibility index (Phi) is 5.38.